The van der Waals surface area contributed by atoms with Gasteiger partial charge in [0.25, 0.3) is 5.91 Å². The average Bonchev–Trinajstić information content (AvgIpc) is 3.02. The zero-order valence-electron chi connectivity index (χ0n) is 17.3. The molecule has 0 atom stereocenters. The van der Waals surface area contributed by atoms with Crippen LogP contribution in [0.2, 0.25) is 0 Å². The van der Waals surface area contributed by atoms with Crippen molar-refractivity contribution in [2.24, 2.45) is 0 Å². The lowest BCUT2D eigenvalue weighted by atomic mass is 10.00. The van der Waals surface area contributed by atoms with E-state index in [1.54, 1.807) is 11.6 Å². The molecule has 30 heavy (non-hydrogen) atoms. The summed E-state index contributed by atoms with van der Waals surface area (Å²) in [7, 11) is 0. The number of benzene rings is 1. The molecule has 0 radical (unpaired) electrons. The second-order valence-electron chi connectivity index (χ2n) is 7.74. The average molecular weight is 405 g/mol. The predicted molar refractivity (Wildman–Crippen MR) is 118 cm³/mol. The fourth-order valence-electron chi connectivity index (χ4n) is 4.25. The topological polar surface area (TPSA) is 69.9 Å². The smallest absolute Gasteiger partial charge is 0.267 e. The number of nitrogens with one attached hydrogen (secondary N) is 1. The van der Waals surface area contributed by atoms with E-state index in [4.69, 9.17) is 10.3 Å². The van der Waals surface area contributed by atoms with Crippen LogP contribution in [0.15, 0.2) is 48.7 Å². The minimum absolute atomic E-state index is 0.518. The van der Waals surface area contributed by atoms with Crippen LogP contribution in [0.1, 0.15) is 34.9 Å². The maximum absolute atomic E-state index is 11.2. The Hall–Kier alpha value is -2.96. The van der Waals surface area contributed by atoms with Gasteiger partial charge in [0.15, 0.2) is 0 Å². The number of rotatable bonds is 6. The molecule has 0 fully saturated rings. The molecular formula is C24H28N4O2. The van der Waals surface area contributed by atoms with Gasteiger partial charge in [0, 0.05) is 37.5 Å². The number of hydrogen-bond acceptors (Lipinski definition) is 4. The van der Waals surface area contributed by atoms with E-state index in [1.807, 2.05) is 22.8 Å². The van der Waals surface area contributed by atoms with Crippen LogP contribution in [0.25, 0.3) is 11.6 Å². The SMILES string of the molecule is CCc1nn2ccccc2c1CCN1CCc2ccc(/C=C/C(=O)NO)cc2CC1. The van der Waals surface area contributed by atoms with Crippen molar-refractivity contribution in [3.8, 4) is 0 Å². The summed E-state index contributed by atoms with van der Waals surface area (Å²) in [5.41, 5.74) is 9.10. The first-order chi connectivity index (χ1) is 14.7. The Kier molecular flexibility index (Phi) is 6.26. The highest BCUT2D eigenvalue weighted by atomic mass is 16.5. The van der Waals surface area contributed by atoms with Crippen LogP contribution in [0.3, 0.4) is 0 Å². The summed E-state index contributed by atoms with van der Waals surface area (Å²) >= 11 is 0. The van der Waals surface area contributed by atoms with Crippen LogP contribution in [0.4, 0.5) is 0 Å². The standard InChI is InChI=1S/C24H28N4O2/c1-2-22-21(23-5-3-4-13-28(23)25-22)12-16-27-14-10-19-8-6-18(7-9-24(29)26-30)17-20(19)11-15-27/h3-9,13,17,30H,2,10-12,14-16H2,1H3,(H,26,29)/b9-7+. The number of fused-ring (bicyclic) bond motifs is 2. The molecule has 0 saturated heterocycles. The zero-order chi connectivity index (χ0) is 20.9. The minimum atomic E-state index is -0.518. The summed E-state index contributed by atoms with van der Waals surface area (Å²) in [4.78, 5) is 13.8. The second kappa shape index (κ2) is 9.24. The van der Waals surface area contributed by atoms with Gasteiger partial charge in [0.05, 0.1) is 11.2 Å². The molecule has 156 valence electrons. The van der Waals surface area contributed by atoms with E-state index in [9.17, 15) is 4.79 Å². The molecule has 1 aliphatic heterocycles. The molecule has 6 nitrogen and oxygen atoms in total. The molecule has 1 amide bonds. The predicted octanol–water partition coefficient (Wildman–Crippen LogP) is 3.06. The molecule has 3 aromatic rings. The lowest BCUT2D eigenvalue weighted by Gasteiger charge is -2.19. The zero-order valence-corrected chi connectivity index (χ0v) is 17.3. The Bertz CT molecular complexity index is 1070. The van der Waals surface area contributed by atoms with Crippen molar-refractivity contribution in [2.45, 2.75) is 32.6 Å². The van der Waals surface area contributed by atoms with E-state index in [1.165, 1.54) is 34.0 Å². The first-order valence-corrected chi connectivity index (χ1v) is 10.6. The van der Waals surface area contributed by atoms with Gasteiger partial charge in [-0.1, -0.05) is 31.2 Å². The molecule has 1 aliphatic rings. The van der Waals surface area contributed by atoms with Gasteiger partial charge in [-0.25, -0.2) is 10.00 Å². The van der Waals surface area contributed by atoms with Crippen molar-refractivity contribution < 1.29 is 10.0 Å². The van der Waals surface area contributed by atoms with Gasteiger partial charge < -0.3 is 4.90 Å². The fraction of sp³-hybridized carbons (Fsp3) is 0.333. The Morgan fingerprint density at radius 1 is 1.20 bits per heavy atom. The maximum atomic E-state index is 11.2. The summed E-state index contributed by atoms with van der Waals surface area (Å²) in [6, 6.07) is 12.6. The van der Waals surface area contributed by atoms with Crippen molar-refractivity contribution in [1.82, 2.24) is 20.0 Å². The summed E-state index contributed by atoms with van der Waals surface area (Å²) < 4.78 is 2.00. The summed E-state index contributed by atoms with van der Waals surface area (Å²) in [5.74, 6) is -0.518. The largest absolute Gasteiger partial charge is 0.302 e. The molecular weight excluding hydrogens is 376 g/mol. The van der Waals surface area contributed by atoms with Gasteiger partial charge in [-0.3, -0.25) is 10.0 Å². The first kappa shape index (κ1) is 20.3. The number of hydrogen-bond donors (Lipinski definition) is 2. The maximum Gasteiger partial charge on any atom is 0.267 e. The van der Waals surface area contributed by atoms with Crippen LogP contribution in [0, 0.1) is 0 Å². The van der Waals surface area contributed by atoms with E-state index in [2.05, 4.69) is 36.1 Å². The molecule has 0 saturated carbocycles. The Morgan fingerprint density at radius 3 is 2.83 bits per heavy atom. The minimum Gasteiger partial charge on any atom is -0.302 e. The number of hydroxylamine groups is 1. The van der Waals surface area contributed by atoms with Gasteiger partial charge in [-0.05, 0) is 60.6 Å². The Morgan fingerprint density at radius 2 is 2.03 bits per heavy atom. The summed E-state index contributed by atoms with van der Waals surface area (Å²) in [6.07, 6.45) is 9.09. The highest BCUT2D eigenvalue weighted by Crippen LogP contribution is 2.21. The number of nitrogens with zero attached hydrogens (tertiary/aromatic N) is 3. The van der Waals surface area contributed by atoms with Crippen molar-refractivity contribution in [2.75, 3.05) is 19.6 Å². The van der Waals surface area contributed by atoms with Crippen molar-refractivity contribution in [3.05, 3.63) is 76.6 Å². The number of aromatic nitrogens is 2. The molecule has 0 aliphatic carbocycles. The number of amides is 1. The molecule has 0 unspecified atom stereocenters. The molecule has 4 rings (SSSR count). The van der Waals surface area contributed by atoms with E-state index in [0.717, 1.165) is 50.9 Å². The van der Waals surface area contributed by atoms with E-state index >= 15 is 0 Å². The molecule has 3 heterocycles. The highest BCUT2D eigenvalue weighted by Gasteiger charge is 2.16. The van der Waals surface area contributed by atoms with Crippen molar-refractivity contribution in [1.29, 1.82) is 0 Å². The van der Waals surface area contributed by atoms with Gasteiger partial charge in [0.2, 0.25) is 0 Å². The quantitative estimate of drug-likeness (QED) is 0.376. The first-order valence-electron chi connectivity index (χ1n) is 10.6. The monoisotopic (exact) mass is 404 g/mol. The molecule has 2 N–H and O–H groups in total. The van der Waals surface area contributed by atoms with Crippen LogP contribution in [0.5, 0.6) is 0 Å². The highest BCUT2D eigenvalue weighted by molar-refractivity contribution is 5.90. The third-order valence-electron chi connectivity index (χ3n) is 5.90. The van der Waals surface area contributed by atoms with E-state index < -0.39 is 5.91 Å². The van der Waals surface area contributed by atoms with Gasteiger partial charge in [0.1, 0.15) is 0 Å². The number of carbonyl (C=O) groups is 1. The molecule has 1 aromatic carbocycles. The Labute approximate surface area is 176 Å². The lowest BCUT2D eigenvalue weighted by Crippen LogP contribution is -2.28. The van der Waals surface area contributed by atoms with Crippen molar-refractivity contribution >= 4 is 17.5 Å². The summed E-state index contributed by atoms with van der Waals surface area (Å²) in [6.45, 7) is 5.28. The lowest BCUT2D eigenvalue weighted by molar-refractivity contribution is -0.124. The normalized spacial score (nSPS) is 14.7. The van der Waals surface area contributed by atoms with Crippen LogP contribution >= 0.6 is 0 Å². The fourth-order valence-corrected chi connectivity index (χ4v) is 4.25. The molecule has 0 spiro atoms. The second-order valence-corrected chi connectivity index (χ2v) is 7.74. The van der Waals surface area contributed by atoms with Crippen LogP contribution in [-0.2, 0) is 30.5 Å². The molecule has 0 bridgehead atoms. The Balaban J connectivity index is 1.42. The number of aryl methyl sites for hydroxylation is 1. The summed E-state index contributed by atoms with van der Waals surface area (Å²) in [5, 5.41) is 13.4. The van der Waals surface area contributed by atoms with Gasteiger partial charge >= 0.3 is 0 Å². The van der Waals surface area contributed by atoms with Crippen LogP contribution < -0.4 is 5.48 Å². The number of carbonyl (C=O) groups excluding carboxylic acids is 1. The third-order valence-corrected chi connectivity index (χ3v) is 5.90. The van der Waals surface area contributed by atoms with E-state index in [-0.39, 0.29) is 0 Å². The molecule has 6 heteroatoms. The van der Waals surface area contributed by atoms with Crippen LogP contribution in [-0.4, -0.2) is 45.3 Å². The van der Waals surface area contributed by atoms with Crippen molar-refractivity contribution in [3.63, 3.8) is 0 Å². The van der Waals surface area contributed by atoms with Gasteiger partial charge in [-0.2, -0.15) is 5.10 Å². The van der Waals surface area contributed by atoms with E-state index in [0.29, 0.717) is 0 Å². The third kappa shape index (κ3) is 4.45. The van der Waals surface area contributed by atoms with Gasteiger partial charge in [-0.15, -0.1) is 0 Å². The molecule has 2 aromatic heterocycles. The number of pyridine rings is 1.